The van der Waals surface area contributed by atoms with Gasteiger partial charge in [-0.25, -0.2) is 4.98 Å². The van der Waals surface area contributed by atoms with Crippen molar-refractivity contribution in [2.24, 2.45) is 0 Å². The van der Waals surface area contributed by atoms with E-state index >= 15 is 0 Å². The Morgan fingerprint density at radius 2 is 2.06 bits per heavy atom. The smallest absolute Gasteiger partial charge is 0.276 e. The Bertz CT molecular complexity index is 420. The Hall–Kier alpha value is -1.89. The molecule has 1 aromatic heterocycles. The molecule has 7 heteroatoms. The third-order valence-electron chi connectivity index (χ3n) is 2.14. The summed E-state index contributed by atoms with van der Waals surface area (Å²) in [4.78, 5) is 14.4. The van der Waals surface area contributed by atoms with Crippen LogP contribution in [0.3, 0.4) is 0 Å². The molecule has 1 rings (SSSR count). The molecule has 0 aliphatic rings. The first-order valence-corrected chi connectivity index (χ1v) is 5.11. The van der Waals surface area contributed by atoms with E-state index in [0.717, 1.165) is 0 Å². The van der Waals surface area contributed by atoms with E-state index in [9.17, 15) is 10.1 Å². The molecular formula is C10H16N4O3. The zero-order valence-electron chi connectivity index (χ0n) is 10.0. The third-order valence-corrected chi connectivity index (χ3v) is 2.14. The van der Waals surface area contributed by atoms with E-state index in [1.54, 1.807) is 20.9 Å². The van der Waals surface area contributed by atoms with Crippen LogP contribution < -0.4 is 10.6 Å². The fourth-order valence-corrected chi connectivity index (χ4v) is 1.20. The highest BCUT2D eigenvalue weighted by Crippen LogP contribution is 2.22. The van der Waals surface area contributed by atoms with Gasteiger partial charge in [0.25, 0.3) is 5.69 Å². The second kappa shape index (κ2) is 4.96. The summed E-state index contributed by atoms with van der Waals surface area (Å²) in [5, 5.41) is 25.5. The van der Waals surface area contributed by atoms with Crippen molar-refractivity contribution in [2.45, 2.75) is 19.4 Å². The van der Waals surface area contributed by atoms with Gasteiger partial charge < -0.3 is 15.7 Å². The van der Waals surface area contributed by atoms with Gasteiger partial charge in [-0.2, -0.15) is 0 Å². The summed E-state index contributed by atoms with van der Waals surface area (Å²) in [7, 11) is 1.63. The lowest BCUT2D eigenvalue weighted by atomic mass is 10.1. The summed E-state index contributed by atoms with van der Waals surface area (Å²) >= 11 is 0. The molecule has 0 saturated heterocycles. The highest BCUT2D eigenvalue weighted by atomic mass is 16.6. The first kappa shape index (κ1) is 13.2. The molecule has 0 aliphatic heterocycles. The number of nitro groups is 1. The van der Waals surface area contributed by atoms with Crippen molar-refractivity contribution in [3.8, 4) is 0 Å². The van der Waals surface area contributed by atoms with Gasteiger partial charge in [-0.3, -0.25) is 10.1 Å². The standard InChI is InChI=1S/C10H16N4O3/c1-10(2,6-15)13-9-5-7(14(16)17)4-8(11-3)12-9/h4-5,15H,6H2,1-3H3,(H2,11,12,13). The molecule has 0 amide bonds. The predicted octanol–water partition coefficient (Wildman–Crippen LogP) is 1.21. The van der Waals surface area contributed by atoms with Gasteiger partial charge in [0.15, 0.2) is 0 Å². The Kier molecular flexibility index (Phi) is 3.84. The highest BCUT2D eigenvalue weighted by molar-refractivity contribution is 5.55. The van der Waals surface area contributed by atoms with Gasteiger partial charge in [0, 0.05) is 7.05 Å². The van der Waals surface area contributed by atoms with E-state index < -0.39 is 10.5 Å². The van der Waals surface area contributed by atoms with Gasteiger partial charge in [-0.1, -0.05) is 0 Å². The van der Waals surface area contributed by atoms with Crippen LogP contribution in [0.2, 0.25) is 0 Å². The van der Waals surface area contributed by atoms with Gasteiger partial charge >= 0.3 is 0 Å². The van der Waals surface area contributed by atoms with Gasteiger partial charge in [0.1, 0.15) is 11.6 Å². The summed E-state index contributed by atoms with van der Waals surface area (Å²) in [5.41, 5.74) is -0.645. The zero-order chi connectivity index (χ0) is 13.1. The van der Waals surface area contributed by atoms with Crippen molar-refractivity contribution >= 4 is 17.3 Å². The third kappa shape index (κ3) is 3.56. The number of nitrogens with one attached hydrogen (secondary N) is 2. The second-order valence-electron chi connectivity index (χ2n) is 4.27. The first-order valence-electron chi connectivity index (χ1n) is 5.11. The minimum atomic E-state index is -0.590. The van der Waals surface area contributed by atoms with Crippen LogP contribution in [-0.4, -0.2) is 34.2 Å². The summed E-state index contributed by atoms with van der Waals surface area (Å²) in [6.07, 6.45) is 0. The topological polar surface area (TPSA) is 100 Å². The van der Waals surface area contributed by atoms with Gasteiger partial charge in [0.2, 0.25) is 0 Å². The Labute approximate surface area is 99.0 Å². The lowest BCUT2D eigenvalue weighted by molar-refractivity contribution is -0.384. The van der Waals surface area contributed by atoms with Crippen LogP contribution in [0.1, 0.15) is 13.8 Å². The number of anilines is 2. The van der Waals surface area contributed by atoms with Crippen LogP contribution in [0.25, 0.3) is 0 Å². The Morgan fingerprint density at radius 3 is 2.53 bits per heavy atom. The van der Waals surface area contributed by atoms with Crippen molar-refractivity contribution in [3.63, 3.8) is 0 Å². The van der Waals surface area contributed by atoms with Crippen LogP contribution in [0.15, 0.2) is 12.1 Å². The number of aromatic nitrogens is 1. The van der Waals surface area contributed by atoms with E-state index in [1.807, 2.05) is 0 Å². The number of hydrogen-bond acceptors (Lipinski definition) is 6. The quantitative estimate of drug-likeness (QED) is 0.528. The number of aliphatic hydroxyl groups is 1. The van der Waals surface area contributed by atoms with E-state index in [0.29, 0.717) is 11.6 Å². The molecule has 17 heavy (non-hydrogen) atoms. The van der Waals surface area contributed by atoms with E-state index in [4.69, 9.17) is 5.11 Å². The van der Waals surface area contributed by atoms with E-state index in [2.05, 4.69) is 15.6 Å². The first-order chi connectivity index (χ1) is 7.88. The average Bonchev–Trinajstić information content (AvgIpc) is 2.28. The SMILES string of the molecule is CNc1cc([N+](=O)[O-])cc(NC(C)(C)CO)n1. The van der Waals surface area contributed by atoms with Crippen molar-refractivity contribution in [1.29, 1.82) is 0 Å². The van der Waals surface area contributed by atoms with E-state index in [1.165, 1.54) is 12.1 Å². The molecule has 7 nitrogen and oxygen atoms in total. The van der Waals surface area contributed by atoms with Crippen LogP contribution in [0.5, 0.6) is 0 Å². The van der Waals surface area contributed by atoms with Crippen molar-refractivity contribution < 1.29 is 10.0 Å². The number of aliphatic hydroxyl groups excluding tert-OH is 1. The number of hydrogen-bond donors (Lipinski definition) is 3. The number of pyridine rings is 1. The molecule has 3 N–H and O–H groups in total. The molecule has 0 aliphatic carbocycles. The molecule has 0 bridgehead atoms. The average molecular weight is 240 g/mol. The lowest BCUT2D eigenvalue weighted by Gasteiger charge is -2.24. The molecule has 1 aromatic rings. The Morgan fingerprint density at radius 1 is 1.47 bits per heavy atom. The van der Waals surface area contributed by atoms with Crippen molar-refractivity contribution in [3.05, 3.63) is 22.2 Å². The maximum atomic E-state index is 10.7. The summed E-state index contributed by atoms with van der Waals surface area (Å²) < 4.78 is 0. The number of nitrogens with zero attached hydrogens (tertiary/aromatic N) is 2. The molecular weight excluding hydrogens is 224 g/mol. The second-order valence-corrected chi connectivity index (χ2v) is 4.27. The minimum Gasteiger partial charge on any atom is -0.394 e. The van der Waals surface area contributed by atoms with Crippen LogP contribution in [-0.2, 0) is 0 Å². The normalized spacial score (nSPS) is 11.1. The number of rotatable bonds is 5. The van der Waals surface area contributed by atoms with E-state index in [-0.39, 0.29) is 12.3 Å². The zero-order valence-corrected chi connectivity index (χ0v) is 10.0. The van der Waals surface area contributed by atoms with Gasteiger partial charge in [-0.05, 0) is 13.8 Å². The maximum Gasteiger partial charge on any atom is 0.276 e. The lowest BCUT2D eigenvalue weighted by Crippen LogP contribution is -2.35. The monoisotopic (exact) mass is 240 g/mol. The molecule has 0 fully saturated rings. The van der Waals surface area contributed by atoms with Crippen molar-refractivity contribution in [1.82, 2.24) is 4.98 Å². The van der Waals surface area contributed by atoms with Crippen molar-refractivity contribution in [2.75, 3.05) is 24.3 Å². The molecule has 0 unspecified atom stereocenters. The maximum absolute atomic E-state index is 10.7. The largest absolute Gasteiger partial charge is 0.394 e. The van der Waals surface area contributed by atoms with Gasteiger partial charge in [-0.15, -0.1) is 0 Å². The summed E-state index contributed by atoms with van der Waals surface area (Å²) in [6, 6.07) is 2.68. The molecule has 0 spiro atoms. The Balaban J connectivity index is 3.07. The molecule has 0 aromatic carbocycles. The van der Waals surface area contributed by atoms with Crippen LogP contribution >= 0.6 is 0 Å². The van der Waals surface area contributed by atoms with Gasteiger partial charge in [0.05, 0.1) is 29.2 Å². The fraction of sp³-hybridized carbons (Fsp3) is 0.500. The van der Waals surface area contributed by atoms with Crippen LogP contribution in [0, 0.1) is 10.1 Å². The van der Waals surface area contributed by atoms with Crippen LogP contribution in [0.4, 0.5) is 17.3 Å². The molecule has 0 saturated carbocycles. The predicted molar refractivity (Wildman–Crippen MR) is 65.2 cm³/mol. The molecule has 0 atom stereocenters. The summed E-state index contributed by atoms with van der Waals surface area (Å²) in [5.74, 6) is 0.748. The molecule has 94 valence electrons. The molecule has 1 heterocycles. The highest BCUT2D eigenvalue weighted by Gasteiger charge is 2.19. The fourth-order valence-electron chi connectivity index (χ4n) is 1.20. The minimum absolute atomic E-state index is 0.0550. The summed E-state index contributed by atoms with van der Waals surface area (Å²) in [6.45, 7) is 3.44. The molecule has 0 radical (unpaired) electrons.